The Balaban J connectivity index is 1.94. The van der Waals surface area contributed by atoms with E-state index in [1.807, 2.05) is 18.2 Å². The Morgan fingerprint density at radius 1 is 1.32 bits per heavy atom. The number of alkyl halides is 3. The quantitative estimate of drug-likeness (QED) is 0.931. The molecule has 0 aliphatic carbocycles. The maximum absolute atomic E-state index is 13.6. The minimum absolute atomic E-state index is 0.284. The van der Waals surface area contributed by atoms with Gasteiger partial charge in [-0.1, -0.05) is 24.3 Å². The first-order chi connectivity index (χ1) is 10.5. The highest BCUT2D eigenvalue weighted by atomic mass is 19.4. The monoisotopic (exact) mass is 315 g/mol. The molecule has 2 aliphatic heterocycles. The molecule has 0 aromatic heterocycles. The molecule has 122 valence electrons. The number of hydrogen-bond acceptors (Lipinski definition) is 3. The number of benzene rings is 1. The summed E-state index contributed by atoms with van der Waals surface area (Å²) in [5, 5.41) is 9.72. The van der Waals surface area contributed by atoms with Gasteiger partial charge in [0.15, 0.2) is 0 Å². The second kappa shape index (κ2) is 6.18. The number of hydrogen-bond donors (Lipinski definition) is 1. The van der Waals surface area contributed by atoms with E-state index in [-0.39, 0.29) is 13.2 Å². The number of aliphatic hydroxyl groups is 1. The van der Waals surface area contributed by atoms with Crippen LogP contribution in [0.4, 0.5) is 13.2 Å². The molecule has 0 amide bonds. The standard InChI is InChI=1S/C16H20F3NO2/c17-16(18,19)15(14-6-3-9-22-14)20-8-7-11-4-1-2-5-12(11)13(20)10-21/h1-2,4-5,13-15,21H,3,6-10H2. The summed E-state index contributed by atoms with van der Waals surface area (Å²) in [4.78, 5) is 1.39. The molecule has 0 bridgehead atoms. The molecule has 0 radical (unpaired) electrons. The van der Waals surface area contributed by atoms with Crippen molar-refractivity contribution in [2.75, 3.05) is 19.8 Å². The lowest BCUT2D eigenvalue weighted by Crippen LogP contribution is -2.56. The van der Waals surface area contributed by atoms with Crippen molar-refractivity contribution in [2.24, 2.45) is 0 Å². The largest absolute Gasteiger partial charge is 0.406 e. The first-order valence-corrected chi connectivity index (χ1v) is 7.65. The number of fused-ring (bicyclic) bond motifs is 1. The number of ether oxygens (including phenoxy) is 1. The van der Waals surface area contributed by atoms with E-state index in [2.05, 4.69) is 0 Å². The third kappa shape index (κ3) is 2.87. The van der Waals surface area contributed by atoms with Gasteiger partial charge >= 0.3 is 6.18 Å². The summed E-state index contributed by atoms with van der Waals surface area (Å²) < 4.78 is 46.2. The van der Waals surface area contributed by atoms with Crippen LogP contribution in [0.25, 0.3) is 0 Å². The lowest BCUT2D eigenvalue weighted by Gasteiger charge is -2.43. The first-order valence-electron chi connectivity index (χ1n) is 7.65. The minimum atomic E-state index is -4.37. The van der Waals surface area contributed by atoms with Crippen molar-refractivity contribution in [1.82, 2.24) is 4.90 Å². The average molecular weight is 315 g/mol. The molecule has 1 aromatic rings. The van der Waals surface area contributed by atoms with Crippen LogP contribution in [-0.4, -0.2) is 48.1 Å². The molecule has 2 heterocycles. The van der Waals surface area contributed by atoms with Crippen LogP contribution < -0.4 is 0 Å². The molecule has 0 spiro atoms. The van der Waals surface area contributed by atoms with Crippen LogP contribution in [0.2, 0.25) is 0 Å². The molecule has 2 aliphatic rings. The van der Waals surface area contributed by atoms with Gasteiger partial charge in [-0.05, 0) is 30.4 Å². The molecular weight excluding hydrogens is 295 g/mol. The predicted molar refractivity (Wildman–Crippen MR) is 75.5 cm³/mol. The van der Waals surface area contributed by atoms with Crippen LogP contribution >= 0.6 is 0 Å². The molecule has 3 atom stereocenters. The first kappa shape index (κ1) is 15.8. The molecule has 3 nitrogen and oxygen atoms in total. The van der Waals surface area contributed by atoms with E-state index >= 15 is 0 Å². The SMILES string of the molecule is OCC1c2ccccc2CCN1C(C1CCCO1)C(F)(F)F. The summed E-state index contributed by atoms with van der Waals surface area (Å²) in [6, 6.07) is 5.14. The molecule has 0 saturated carbocycles. The fourth-order valence-electron chi connectivity index (χ4n) is 3.67. The van der Waals surface area contributed by atoms with Gasteiger partial charge in [0.2, 0.25) is 0 Å². The average Bonchev–Trinajstić information content (AvgIpc) is 2.99. The van der Waals surface area contributed by atoms with Gasteiger partial charge in [-0.3, -0.25) is 4.90 Å². The van der Waals surface area contributed by atoms with Gasteiger partial charge in [-0.2, -0.15) is 13.2 Å². The fourth-order valence-corrected chi connectivity index (χ4v) is 3.67. The Labute approximate surface area is 127 Å². The number of rotatable bonds is 3. The molecule has 1 aromatic carbocycles. The summed E-state index contributed by atoms with van der Waals surface area (Å²) in [5.41, 5.74) is 1.81. The predicted octanol–water partition coefficient (Wildman–Crippen LogP) is 2.69. The topological polar surface area (TPSA) is 32.7 Å². The van der Waals surface area contributed by atoms with E-state index in [4.69, 9.17) is 4.74 Å². The summed E-state index contributed by atoms with van der Waals surface area (Å²) in [5.74, 6) is 0. The summed E-state index contributed by atoms with van der Waals surface area (Å²) >= 11 is 0. The molecule has 3 rings (SSSR count). The number of nitrogens with zero attached hydrogens (tertiary/aromatic N) is 1. The van der Waals surface area contributed by atoms with E-state index in [0.29, 0.717) is 25.9 Å². The van der Waals surface area contributed by atoms with Gasteiger partial charge in [-0.25, -0.2) is 0 Å². The zero-order chi connectivity index (χ0) is 15.7. The Kier molecular flexibility index (Phi) is 4.43. The van der Waals surface area contributed by atoms with Gasteiger partial charge in [-0.15, -0.1) is 0 Å². The van der Waals surface area contributed by atoms with Gasteiger partial charge < -0.3 is 9.84 Å². The molecule has 1 fully saturated rings. The molecule has 6 heteroatoms. The lowest BCUT2D eigenvalue weighted by atomic mass is 9.90. The maximum atomic E-state index is 13.6. The Morgan fingerprint density at radius 3 is 2.73 bits per heavy atom. The summed E-state index contributed by atoms with van der Waals surface area (Å²) in [6.07, 6.45) is -3.56. The van der Waals surface area contributed by atoms with Crippen molar-refractivity contribution in [3.8, 4) is 0 Å². The number of halogens is 3. The van der Waals surface area contributed by atoms with Crippen LogP contribution in [0.1, 0.15) is 30.0 Å². The van der Waals surface area contributed by atoms with Gasteiger partial charge in [0.05, 0.1) is 18.8 Å². The smallest absolute Gasteiger partial charge is 0.394 e. The highest BCUT2D eigenvalue weighted by molar-refractivity contribution is 5.33. The number of aliphatic hydroxyl groups excluding tert-OH is 1. The van der Waals surface area contributed by atoms with Gasteiger partial charge in [0.1, 0.15) is 6.04 Å². The third-order valence-corrected chi connectivity index (χ3v) is 4.64. The molecule has 1 saturated heterocycles. The Hall–Kier alpha value is -1.11. The molecule has 1 N–H and O–H groups in total. The van der Waals surface area contributed by atoms with Crippen molar-refractivity contribution < 1.29 is 23.0 Å². The normalized spacial score (nSPS) is 27.6. The second-order valence-electron chi connectivity index (χ2n) is 5.92. The lowest BCUT2D eigenvalue weighted by molar-refractivity contribution is -0.218. The molecule has 3 unspecified atom stereocenters. The van der Waals surface area contributed by atoms with Crippen LogP contribution in [0, 0.1) is 0 Å². The zero-order valence-electron chi connectivity index (χ0n) is 12.2. The Morgan fingerprint density at radius 2 is 2.09 bits per heavy atom. The highest BCUT2D eigenvalue weighted by Gasteiger charge is 2.52. The van der Waals surface area contributed by atoms with Crippen LogP contribution in [-0.2, 0) is 11.2 Å². The van der Waals surface area contributed by atoms with Crippen LogP contribution in [0.3, 0.4) is 0 Å². The van der Waals surface area contributed by atoms with Gasteiger partial charge in [0.25, 0.3) is 0 Å². The Bertz CT molecular complexity index is 514. The van der Waals surface area contributed by atoms with Crippen LogP contribution in [0.5, 0.6) is 0 Å². The zero-order valence-corrected chi connectivity index (χ0v) is 12.2. The summed E-state index contributed by atoms with van der Waals surface area (Å²) in [6.45, 7) is 0.341. The van der Waals surface area contributed by atoms with Gasteiger partial charge in [0, 0.05) is 13.2 Å². The van der Waals surface area contributed by atoms with Crippen molar-refractivity contribution in [3.05, 3.63) is 35.4 Å². The van der Waals surface area contributed by atoms with Crippen molar-refractivity contribution in [3.63, 3.8) is 0 Å². The fraction of sp³-hybridized carbons (Fsp3) is 0.625. The van der Waals surface area contributed by atoms with E-state index in [9.17, 15) is 18.3 Å². The second-order valence-corrected chi connectivity index (χ2v) is 5.92. The maximum Gasteiger partial charge on any atom is 0.406 e. The third-order valence-electron chi connectivity index (χ3n) is 4.64. The van der Waals surface area contributed by atoms with Crippen molar-refractivity contribution >= 4 is 0 Å². The van der Waals surface area contributed by atoms with Crippen LogP contribution in [0.15, 0.2) is 24.3 Å². The van der Waals surface area contributed by atoms with E-state index in [0.717, 1.165) is 11.1 Å². The highest BCUT2D eigenvalue weighted by Crippen LogP contribution is 2.39. The van der Waals surface area contributed by atoms with Crippen molar-refractivity contribution in [2.45, 2.75) is 43.6 Å². The summed E-state index contributed by atoms with van der Waals surface area (Å²) in [7, 11) is 0. The molecular formula is C16H20F3NO2. The van der Waals surface area contributed by atoms with E-state index < -0.39 is 24.4 Å². The molecule has 22 heavy (non-hydrogen) atoms. The van der Waals surface area contributed by atoms with E-state index in [1.165, 1.54) is 4.90 Å². The van der Waals surface area contributed by atoms with E-state index in [1.54, 1.807) is 6.07 Å². The minimum Gasteiger partial charge on any atom is -0.394 e. The van der Waals surface area contributed by atoms with Crippen molar-refractivity contribution in [1.29, 1.82) is 0 Å².